The van der Waals surface area contributed by atoms with Crippen LogP contribution in [0.4, 0.5) is 20.2 Å². The van der Waals surface area contributed by atoms with Crippen molar-refractivity contribution in [2.45, 2.75) is 13.8 Å². The highest BCUT2D eigenvalue weighted by atomic mass is 19.1. The van der Waals surface area contributed by atoms with Crippen LogP contribution in [-0.2, 0) is 0 Å². The summed E-state index contributed by atoms with van der Waals surface area (Å²) in [5.74, 6) is -0.607. The monoisotopic (exact) mass is 304 g/mol. The zero-order valence-electron chi connectivity index (χ0n) is 14.0. The van der Waals surface area contributed by atoms with E-state index in [2.05, 4.69) is 0 Å². The van der Waals surface area contributed by atoms with Crippen molar-refractivity contribution in [1.29, 1.82) is 0 Å². The molecule has 118 valence electrons. The molecule has 0 atom stereocenters. The van der Waals surface area contributed by atoms with Crippen molar-refractivity contribution in [3.05, 3.63) is 47.0 Å². The maximum Gasteiger partial charge on any atom is 0.147 e. The number of anilines is 2. The number of halogens is 2. The first-order valence-electron chi connectivity index (χ1n) is 7.17. The maximum absolute atomic E-state index is 14.3. The molecular formula is C18H22F2N2. The van der Waals surface area contributed by atoms with Crippen molar-refractivity contribution in [2.24, 2.45) is 0 Å². The molecule has 4 heteroatoms. The Bertz CT molecular complexity index is 645. The van der Waals surface area contributed by atoms with Crippen molar-refractivity contribution < 1.29 is 8.78 Å². The molecule has 0 amide bonds. The first-order chi connectivity index (χ1) is 10.2. The molecule has 2 nitrogen and oxygen atoms in total. The van der Waals surface area contributed by atoms with Gasteiger partial charge in [0.05, 0.1) is 11.4 Å². The minimum absolute atomic E-state index is 0.304. The van der Waals surface area contributed by atoms with Gasteiger partial charge in [-0.15, -0.1) is 0 Å². The third-order valence-corrected chi connectivity index (χ3v) is 3.84. The number of aryl methyl sites for hydroxylation is 2. The number of hydrogen-bond acceptors (Lipinski definition) is 2. The van der Waals surface area contributed by atoms with E-state index < -0.39 is 0 Å². The smallest absolute Gasteiger partial charge is 0.147 e. The summed E-state index contributed by atoms with van der Waals surface area (Å²) in [7, 11) is 7.20. The highest BCUT2D eigenvalue weighted by Crippen LogP contribution is 2.34. The molecule has 0 unspecified atom stereocenters. The van der Waals surface area contributed by atoms with E-state index in [-0.39, 0.29) is 11.6 Å². The van der Waals surface area contributed by atoms with Crippen molar-refractivity contribution in [2.75, 3.05) is 38.0 Å². The van der Waals surface area contributed by atoms with Gasteiger partial charge in [0.15, 0.2) is 0 Å². The molecule has 0 aliphatic carbocycles. The maximum atomic E-state index is 14.3. The predicted molar refractivity (Wildman–Crippen MR) is 89.9 cm³/mol. The van der Waals surface area contributed by atoms with Crippen LogP contribution in [0, 0.1) is 25.5 Å². The summed E-state index contributed by atoms with van der Waals surface area (Å²) in [4.78, 5) is 3.46. The van der Waals surface area contributed by atoms with E-state index in [1.165, 1.54) is 12.1 Å². The number of rotatable bonds is 3. The van der Waals surface area contributed by atoms with Crippen LogP contribution in [0.1, 0.15) is 11.1 Å². The average molecular weight is 304 g/mol. The van der Waals surface area contributed by atoms with Gasteiger partial charge < -0.3 is 9.80 Å². The normalized spacial score (nSPS) is 10.7. The van der Waals surface area contributed by atoms with Crippen molar-refractivity contribution in [3.63, 3.8) is 0 Å². The Kier molecular flexibility index (Phi) is 4.40. The summed E-state index contributed by atoms with van der Waals surface area (Å²) in [5, 5.41) is 0. The van der Waals surface area contributed by atoms with Crippen molar-refractivity contribution >= 4 is 11.4 Å². The van der Waals surface area contributed by atoms with Gasteiger partial charge in [-0.05, 0) is 60.4 Å². The van der Waals surface area contributed by atoms with Crippen LogP contribution in [0.2, 0.25) is 0 Å². The second kappa shape index (κ2) is 5.95. The lowest BCUT2D eigenvalue weighted by Crippen LogP contribution is -2.12. The number of hydrogen-bond donors (Lipinski definition) is 0. The predicted octanol–water partition coefficient (Wildman–Crippen LogP) is 4.38. The Morgan fingerprint density at radius 1 is 0.636 bits per heavy atom. The lowest BCUT2D eigenvalue weighted by Gasteiger charge is -2.19. The average Bonchev–Trinajstić information content (AvgIpc) is 2.42. The molecule has 2 aromatic rings. The molecule has 22 heavy (non-hydrogen) atoms. The largest absolute Gasteiger partial charge is 0.375 e. The fourth-order valence-corrected chi connectivity index (χ4v) is 2.60. The minimum Gasteiger partial charge on any atom is -0.375 e. The van der Waals surface area contributed by atoms with Gasteiger partial charge >= 0.3 is 0 Å². The van der Waals surface area contributed by atoms with Gasteiger partial charge in [-0.2, -0.15) is 0 Å². The summed E-state index contributed by atoms with van der Waals surface area (Å²) < 4.78 is 28.5. The van der Waals surface area contributed by atoms with Gasteiger partial charge in [-0.3, -0.25) is 0 Å². The quantitative estimate of drug-likeness (QED) is 0.830. The van der Waals surface area contributed by atoms with Crippen molar-refractivity contribution in [1.82, 2.24) is 0 Å². The van der Waals surface area contributed by atoms with Crippen LogP contribution in [0.15, 0.2) is 24.3 Å². The third-order valence-electron chi connectivity index (χ3n) is 3.84. The molecule has 0 bridgehead atoms. The van der Waals surface area contributed by atoms with Gasteiger partial charge in [-0.1, -0.05) is 0 Å². The van der Waals surface area contributed by atoms with Gasteiger partial charge in [-0.25, -0.2) is 8.78 Å². The Labute approximate surface area is 131 Å². The van der Waals surface area contributed by atoms with Crippen LogP contribution in [0.5, 0.6) is 0 Å². The van der Waals surface area contributed by atoms with Gasteiger partial charge in [0.2, 0.25) is 0 Å². The van der Waals surface area contributed by atoms with E-state index in [1.54, 1.807) is 50.1 Å². The van der Waals surface area contributed by atoms with E-state index in [1.807, 2.05) is 13.8 Å². The fraction of sp³-hybridized carbons (Fsp3) is 0.333. The molecule has 0 saturated heterocycles. The first kappa shape index (κ1) is 16.3. The van der Waals surface area contributed by atoms with Crippen LogP contribution in [0.25, 0.3) is 11.1 Å². The van der Waals surface area contributed by atoms with Crippen LogP contribution < -0.4 is 9.80 Å². The highest BCUT2D eigenvalue weighted by Gasteiger charge is 2.15. The molecule has 2 aromatic carbocycles. The molecular weight excluding hydrogens is 282 g/mol. The molecule has 0 saturated carbocycles. The first-order valence-corrected chi connectivity index (χ1v) is 7.17. The SMILES string of the molecule is Cc1cc(N(C)C)c(F)cc1-c1cc(F)c(N(C)C)cc1C. The van der Waals surface area contributed by atoms with Crippen LogP contribution in [0.3, 0.4) is 0 Å². The van der Waals surface area contributed by atoms with E-state index in [4.69, 9.17) is 0 Å². The Morgan fingerprint density at radius 3 is 1.23 bits per heavy atom. The van der Waals surface area contributed by atoms with Crippen LogP contribution >= 0.6 is 0 Å². The Hall–Kier alpha value is -2.10. The lowest BCUT2D eigenvalue weighted by atomic mass is 9.95. The van der Waals surface area contributed by atoms with Gasteiger partial charge in [0.1, 0.15) is 11.6 Å². The topological polar surface area (TPSA) is 6.48 Å². The minimum atomic E-state index is -0.304. The van der Waals surface area contributed by atoms with E-state index in [0.29, 0.717) is 11.4 Å². The van der Waals surface area contributed by atoms with Gasteiger partial charge in [0, 0.05) is 28.2 Å². The van der Waals surface area contributed by atoms with E-state index in [0.717, 1.165) is 22.3 Å². The molecule has 0 spiro atoms. The Morgan fingerprint density at radius 2 is 0.955 bits per heavy atom. The number of nitrogens with zero attached hydrogens (tertiary/aromatic N) is 2. The van der Waals surface area contributed by atoms with Crippen molar-refractivity contribution in [3.8, 4) is 11.1 Å². The number of benzene rings is 2. The molecule has 0 N–H and O–H groups in total. The van der Waals surface area contributed by atoms with Crippen LogP contribution in [-0.4, -0.2) is 28.2 Å². The summed E-state index contributed by atoms with van der Waals surface area (Å²) in [5.41, 5.74) is 4.36. The standard InChI is InChI=1S/C18H22F2N2/c1-11-7-17(21(3)4)15(19)9-13(11)14-10-16(20)18(22(5)6)8-12(14)2/h7-10H,1-6H3. The Balaban J connectivity index is 2.62. The second-order valence-corrected chi connectivity index (χ2v) is 6.03. The third kappa shape index (κ3) is 2.91. The fourth-order valence-electron chi connectivity index (χ4n) is 2.60. The molecule has 0 heterocycles. The summed E-state index contributed by atoms with van der Waals surface area (Å²) in [6, 6.07) is 6.56. The molecule has 0 fully saturated rings. The molecule has 0 aromatic heterocycles. The second-order valence-electron chi connectivity index (χ2n) is 6.03. The molecule has 0 aliphatic rings. The lowest BCUT2D eigenvalue weighted by molar-refractivity contribution is 0.623. The molecule has 0 aliphatic heterocycles. The molecule has 2 rings (SSSR count). The summed E-state index contributed by atoms with van der Waals surface area (Å²) >= 11 is 0. The zero-order valence-corrected chi connectivity index (χ0v) is 14.0. The molecule has 0 radical (unpaired) electrons. The van der Waals surface area contributed by atoms with Gasteiger partial charge in [0.25, 0.3) is 0 Å². The van der Waals surface area contributed by atoms with E-state index >= 15 is 0 Å². The summed E-state index contributed by atoms with van der Waals surface area (Å²) in [6.45, 7) is 3.83. The van der Waals surface area contributed by atoms with E-state index in [9.17, 15) is 8.78 Å². The highest BCUT2D eigenvalue weighted by molar-refractivity contribution is 5.75. The zero-order chi connectivity index (χ0) is 16.6. The summed E-state index contributed by atoms with van der Waals surface area (Å²) in [6.07, 6.45) is 0.